The van der Waals surface area contributed by atoms with Gasteiger partial charge in [0, 0.05) is 5.69 Å². The molecule has 0 bridgehead atoms. The van der Waals surface area contributed by atoms with E-state index in [0.29, 0.717) is 22.7 Å². The average Bonchev–Trinajstić information content (AvgIpc) is 2.98. The number of hydrogen-bond acceptors (Lipinski definition) is 6. The van der Waals surface area contributed by atoms with Crippen molar-refractivity contribution in [2.75, 3.05) is 5.32 Å². The predicted octanol–water partition coefficient (Wildman–Crippen LogP) is 2.42. The Labute approximate surface area is 130 Å². The van der Waals surface area contributed by atoms with E-state index in [1.165, 1.54) is 31.2 Å². The van der Waals surface area contributed by atoms with E-state index in [0.717, 1.165) is 11.5 Å². The number of aryl methyl sites for hydroxylation is 1. The number of carbonyl (C=O) groups excluding carboxylic acids is 2. The topological polar surface area (TPSA) is 81.2 Å². The summed E-state index contributed by atoms with van der Waals surface area (Å²) in [4.78, 5) is 24.2. The van der Waals surface area contributed by atoms with Crippen LogP contribution in [0.3, 0.4) is 0 Å². The largest absolute Gasteiger partial charge is 0.448 e. The van der Waals surface area contributed by atoms with Crippen LogP contribution in [0, 0.1) is 5.82 Å². The summed E-state index contributed by atoms with van der Waals surface area (Å²) in [5.74, 6) is -1.54. The highest BCUT2D eigenvalue weighted by molar-refractivity contribution is 7.07. The van der Waals surface area contributed by atoms with Crippen molar-refractivity contribution in [2.45, 2.75) is 26.4 Å². The van der Waals surface area contributed by atoms with Crippen molar-refractivity contribution in [1.29, 1.82) is 0 Å². The molecule has 0 saturated heterocycles. The molecule has 2 rings (SSSR count). The summed E-state index contributed by atoms with van der Waals surface area (Å²) in [5.41, 5.74) is 0.962. The Kier molecular flexibility index (Phi) is 5.16. The minimum atomic E-state index is -0.996. The van der Waals surface area contributed by atoms with Crippen LogP contribution in [0.4, 0.5) is 10.1 Å². The van der Waals surface area contributed by atoms with Crippen molar-refractivity contribution in [1.82, 2.24) is 9.59 Å². The number of rotatable bonds is 5. The molecule has 1 aromatic heterocycles. The highest BCUT2D eigenvalue weighted by Gasteiger charge is 2.22. The number of anilines is 1. The van der Waals surface area contributed by atoms with Crippen LogP contribution in [0.1, 0.15) is 29.2 Å². The van der Waals surface area contributed by atoms with Gasteiger partial charge in [-0.1, -0.05) is 11.4 Å². The average molecular weight is 323 g/mol. The van der Waals surface area contributed by atoms with Gasteiger partial charge in [0.1, 0.15) is 5.82 Å². The van der Waals surface area contributed by atoms with Gasteiger partial charge in [-0.25, -0.2) is 9.18 Å². The summed E-state index contributed by atoms with van der Waals surface area (Å²) in [6, 6.07) is 5.29. The molecule has 22 heavy (non-hydrogen) atoms. The number of esters is 1. The van der Waals surface area contributed by atoms with Gasteiger partial charge in [-0.15, -0.1) is 5.10 Å². The SMILES string of the molecule is CCc1nnsc1C(=O)O[C@@H](C)C(=O)Nc1ccc(F)cc1. The normalized spacial score (nSPS) is 11.8. The predicted molar refractivity (Wildman–Crippen MR) is 79.2 cm³/mol. The second-order valence-electron chi connectivity index (χ2n) is 4.45. The van der Waals surface area contributed by atoms with E-state index in [1.807, 2.05) is 6.92 Å². The monoisotopic (exact) mass is 323 g/mol. The molecule has 1 amide bonds. The molecule has 0 radical (unpaired) electrons. The second-order valence-corrected chi connectivity index (χ2v) is 5.20. The third-order valence-electron chi connectivity index (χ3n) is 2.84. The molecule has 2 aromatic rings. The fraction of sp³-hybridized carbons (Fsp3) is 0.286. The van der Waals surface area contributed by atoms with E-state index in [4.69, 9.17) is 4.74 Å². The lowest BCUT2D eigenvalue weighted by atomic mass is 10.3. The number of aromatic nitrogens is 2. The van der Waals surface area contributed by atoms with Crippen LogP contribution >= 0.6 is 11.5 Å². The van der Waals surface area contributed by atoms with Crippen molar-refractivity contribution in [3.8, 4) is 0 Å². The van der Waals surface area contributed by atoms with E-state index in [1.54, 1.807) is 0 Å². The van der Waals surface area contributed by atoms with Crippen LogP contribution < -0.4 is 5.32 Å². The van der Waals surface area contributed by atoms with E-state index < -0.39 is 23.8 Å². The van der Waals surface area contributed by atoms with Crippen LogP contribution in [0.25, 0.3) is 0 Å². The molecular weight excluding hydrogens is 309 g/mol. The Bertz CT molecular complexity index is 672. The van der Waals surface area contributed by atoms with Gasteiger partial charge in [-0.2, -0.15) is 0 Å². The maximum atomic E-state index is 12.8. The maximum Gasteiger partial charge on any atom is 0.352 e. The molecule has 1 aromatic carbocycles. The number of nitrogens with zero attached hydrogens (tertiary/aromatic N) is 2. The standard InChI is InChI=1S/C14H14FN3O3S/c1-3-11-12(22-18-17-11)14(20)21-8(2)13(19)16-10-6-4-9(15)5-7-10/h4-8H,3H2,1-2H3,(H,16,19)/t8-/m0/s1. The Morgan fingerprint density at radius 3 is 2.68 bits per heavy atom. The Morgan fingerprint density at radius 2 is 2.05 bits per heavy atom. The molecule has 0 saturated carbocycles. The molecule has 0 fully saturated rings. The summed E-state index contributed by atoms with van der Waals surface area (Å²) < 4.78 is 21.6. The lowest BCUT2D eigenvalue weighted by Crippen LogP contribution is -2.30. The number of carbonyl (C=O) groups is 2. The van der Waals surface area contributed by atoms with Crippen LogP contribution in [-0.4, -0.2) is 27.6 Å². The number of amides is 1. The smallest absolute Gasteiger partial charge is 0.352 e. The zero-order valence-electron chi connectivity index (χ0n) is 12.0. The third kappa shape index (κ3) is 3.85. The van der Waals surface area contributed by atoms with Gasteiger partial charge in [-0.05, 0) is 49.1 Å². The first-order chi connectivity index (χ1) is 10.5. The van der Waals surface area contributed by atoms with Gasteiger partial charge >= 0.3 is 5.97 Å². The van der Waals surface area contributed by atoms with Crippen LogP contribution in [0.2, 0.25) is 0 Å². The maximum absolute atomic E-state index is 12.8. The summed E-state index contributed by atoms with van der Waals surface area (Å²) in [6.07, 6.45) is -0.443. The highest BCUT2D eigenvalue weighted by Crippen LogP contribution is 2.15. The number of halogens is 1. The Hall–Kier alpha value is -2.35. The van der Waals surface area contributed by atoms with Gasteiger partial charge in [0.25, 0.3) is 5.91 Å². The minimum absolute atomic E-state index is 0.295. The van der Waals surface area contributed by atoms with Crippen molar-refractivity contribution in [3.63, 3.8) is 0 Å². The second kappa shape index (κ2) is 7.08. The first kappa shape index (κ1) is 16.0. The van der Waals surface area contributed by atoms with Gasteiger partial charge in [0.2, 0.25) is 0 Å². The molecule has 0 aliphatic carbocycles. The fourth-order valence-corrected chi connectivity index (χ4v) is 2.27. The van der Waals surface area contributed by atoms with Gasteiger partial charge in [0.05, 0.1) is 5.69 Å². The van der Waals surface area contributed by atoms with E-state index in [9.17, 15) is 14.0 Å². The molecule has 116 valence electrons. The minimum Gasteiger partial charge on any atom is -0.448 e. The van der Waals surface area contributed by atoms with Crippen molar-refractivity contribution in [2.24, 2.45) is 0 Å². The van der Waals surface area contributed by atoms with Crippen LogP contribution in [0.5, 0.6) is 0 Å². The zero-order valence-corrected chi connectivity index (χ0v) is 12.8. The molecule has 0 aliphatic rings. The zero-order chi connectivity index (χ0) is 16.1. The van der Waals surface area contributed by atoms with E-state index in [-0.39, 0.29) is 0 Å². The van der Waals surface area contributed by atoms with E-state index in [2.05, 4.69) is 14.9 Å². The Balaban J connectivity index is 1.96. The molecule has 6 nitrogen and oxygen atoms in total. The first-order valence-corrected chi connectivity index (χ1v) is 7.37. The molecule has 0 aliphatic heterocycles. The highest BCUT2D eigenvalue weighted by atomic mass is 32.1. The van der Waals surface area contributed by atoms with Gasteiger partial charge < -0.3 is 10.1 Å². The van der Waals surface area contributed by atoms with Crippen molar-refractivity contribution < 1.29 is 18.7 Å². The lowest BCUT2D eigenvalue weighted by molar-refractivity contribution is -0.123. The lowest BCUT2D eigenvalue weighted by Gasteiger charge is -2.13. The summed E-state index contributed by atoms with van der Waals surface area (Å²) >= 11 is 0.932. The van der Waals surface area contributed by atoms with Crippen molar-refractivity contribution >= 4 is 29.1 Å². The fourth-order valence-electron chi connectivity index (χ4n) is 1.64. The summed E-state index contributed by atoms with van der Waals surface area (Å²) in [5, 5.41) is 6.35. The van der Waals surface area contributed by atoms with Crippen LogP contribution in [0.15, 0.2) is 24.3 Å². The third-order valence-corrected chi connectivity index (χ3v) is 3.59. The first-order valence-electron chi connectivity index (χ1n) is 6.60. The molecule has 1 N–H and O–H groups in total. The number of benzene rings is 1. The quantitative estimate of drug-likeness (QED) is 0.855. The van der Waals surface area contributed by atoms with Gasteiger partial charge in [-0.3, -0.25) is 4.79 Å². The molecule has 1 heterocycles. The molecule has 0 unspecified atom stereocenters. The molecule has 1 atom stereocenters. The molecular formula is C14H14FN3O3S. The van der Waals surface area contributed by atoms with Gasteiger partial charge in [0.15, 0.2) is 11.0 Å². The molecule has 8 heteroatoms. The number of hydrogen-bond donors (Lipinski definition) is 1. The van der Waals surface area contributed by atoms with Crippen LogP contribution in [-0.2, 0) is 16.0 Å². The number of nitrogens with one attached hydrogen (secondary N) is 1. The van der Waals surface area contributed by atoms with E-state index >= 15 is 0 Å². The van der Waals surface area contributed by atoms with Crippen molar-refractivity contribution in [3.05, 3.63) is 40.7 Å². The summed E-state index contributed by atoms with van der Waals surface area (Å²) in [6.45, 7) is 3.30. The summed E-state index contributed by atoms with van der Waals surface area (Å²) in [7, 11) is 0. The Morgan fingerprint density at radius 1 is 1.36 bits per heavy atom. The number of ether oxygens (including phenoxy) is 1. The molecule has 0 spiro atoms.